The summed E-state index contributed by atoms with van der Waals surface area (Å²) in [5, 5.41) is 0. The van der Waals surface area contributed by atoms with E-state index in [-0.39, 0.29) is 12.1 Å². The molecule has 1 heterocycles. The quantitative estimate of drug-likeness (QED) is 0.718. The van der Waals surface area contributed by atoms with E-state index in [1.54, 1.807) is 4.90 Å². The number of likely N-dealkylation sites (tertiary alicyclic amines) is 1. The zero-order valence-corrected chi connectivity index (χ0v) is 12.6. The zero-order chi connectivity index (χ0) is 14.4. The number of rotatable bonds is 2. The molecule has 0 aromatic carbocycles. The minimum absolute atomic E-state index is 0.186. The second kappa shape index (κ2) is 4.63. The van der Waals surface area contributed by atoms with Crippen molar-refractivity contribution in [3.8, 4) is 0 Å². The highest BCUT2D eigenvalue weighted by molar-refractivity contribution is 7.86. The van der Waals surface area contributed by atoms with E-state index < -0.39 is 21.8 Å². The van der Waals surface area contributed by atoms with Crippen LogP contribution >= 0.6 is 0 Å². The molecule has 1 aliphatic carbocycles. The highest BCUT2D eigenvalue weighted by atomic mass is 32.2. The fraction of sp³-hybridized carbons (Fsp3) is 0.917. The van der Waals surface area contributed by atoms with Crippen molar-refractivity contribution in [2.24, 2.45) is 5.92 Å². The molecule has 2 bridgehead atoms. The lowest BCUT2D eigenvalue weighted by Crippen LogP contribution is -2.48. The Morgan fingerprint density at radius 2 is 1.89 bits per heavy atom. The Hall–Kier alpha value is -0.820. The smallest absolute Gasteiger partial charge is 0.410 e. The molecule has 0 spiro atoms. The molecule has 110 valence electrons. The van der Waals surface area contributed by atoms with Gasteiger partial charge in [-0.05, 0) is 39.5 Å². The Kier molecular flexibility index (Phi) is 3.55. The maximum atomic E-state index is 12.1. The molecule has 1 saturated carbocycles. The van der Waals surface area contributed by atoms with Crippen molar-refractivity contribution >= 4 is 16.2 Å². The number of hydrogen-bond acceptors (Lipinski definition) is 5. The van der Waals surface area contributed by atoms with Crippen molar-refractivity contribution in [1.82, 2.24) is 4.90 Å². The number of fused-ring (bicyclic) bond motifs is 2. The first kappa shape index (κ1) is 14.6. The zero-order valence-electron chi connectivity index (χ0n) is 11.8. The summed E-state index contributed by atoms with van der Waals surface area (Å²) in [7, 11) is -3.49. The van der Waals surface area contributed by atoms with Gasteiger partial charge < -0.3 is 9.64 Å². The number of carbonyl (C=O) groups excluding carboxylic acids is 1. The fourth-order valence-electron chi connectivity index (χ4n) is 2.82. The first-order chi connectivity index (χ1) is 8.55. The van der Waals surface area contributed by atoms with Crippen LogP contribution in [0.25, 0.3) is 0 Å². The van der Waals surface area contributed by atoms with Crippen LogP contribution in [0.1, 0.15) is 33.6 Å². The SMILES string of the molecule is CC(C)(C)OC(=O)N1C[C@H]2C[C@H](OS(C)(=O)=O)[C@@H]1C2. The predicted molar refractivity (Wildman–Crippen MR) is 69.2 cm³/mol. The predicted octanol–water partition coefficient (Wildman–Crippen LogP) is 1.36. The molecule has 1 saturated heterocycles. The molecule has 0 unspecified atom stereocenters. The molecule has 0 radical (unpaired) electrons. The van der Waals surface area contributed by atoms with E-state index in [0.29, 0.717) is 18.9 Å². The van der Waals surface area contributed by atoms with Crippen LogP contribution in [0.15, 0.2) is 0 Å². The van der Waals surface area contributed by atoms with Crippen molar-refractivity contribution < 1.29 is 22.1 Å². The summed E-state index contributed by atoms with van der Waals surface area (Å²) >= 11 is 0. The van der Waals surface area contributed by atoms with Gasteiger partial charge in [0.15, 0.2) is 0 Å². The average Bonchev–Trinajstić information content (AvgIpc) is 2.70. The maximum Gasteiger partial charge on any atom is 0.410 e. The van der Waals surface area contributed by atoms with Gasteiger partial charge >= 0.3 is 6.09 Å². The molecule has 7 heteroatoms. The van der Waals surface area contributed by atoms with E-state index in [0.717, 1.165) is 12.7 Å². The lowest BCUT2D eigenvalue weighted by molar-refractivity contribution is 0.00364. The van der Waals surface area contributed by atoms with Crippen molar-refractivity contribution in [3.05, 3.63) is 0 Å². The Morgan fingerprint density at radius 1 is 1.26 bits per heavy atom. The molecular formula is C12H21NO5S. The summed E-state index contributed by atoms with van der Waals surface area (Å²) in [6, 6.07) is -0.186. The second-order valence-electron chi connectivity index (χ2n) is 6.38. The lowest BCUT2D eigenvalue weighted by atomic mass is 10.1. The van der Waals surface area contributed by atoms with Crippen molar-refractivity contribution in [3.63, 3.8) is 0 Å². The molecule has 1 aliphatic heterocycles. The van der Waals surface area contributed by atoms with Crippen LogP contribution in [0.4, 0.5) is 4.79 Å². The Morgan fingerprint density at radius 3 is 2.37 bits per heavy atom. The molecule has 0 aromatic heterocycles. The van der Waals surface area contributed by atoms with Gasteiger partial charge in [0.1, 0.15) is 5.60 Å². The van der Waals surface area contributed by atoms with Gasteiger partial charge in [-0.1, -0.05) is 0 Å². The van der Waals surface area contributed by atoms with E-state index in [1.165, 1.54) is 0 Å². The average molecular weight is 291 g/mol. The highest BCUT2D eigenvalue weighted by Crippen LogP contribution is 2.40. The first-order valence-corrected chi connectivity index (χ1v) is 8.25. The van der Waals surface area contributed by atoms with Gasteiger partial charge in [0, 0.05) is 6.54 Å². The third-order valence-corrected chi connectivity index (χ3v) is 3.95. The van der Waals surface area contributed by atoms with Gasteiger partial charge in [-0.15, -0.1) is 0 Å². The first-order valence-electron chi connectivity index (χ1n) is 6.43. The Labute approximate surface area is 114 Å². The lowest BCUT2D eigenvalue weighted by Gasteiger charge is -2.33. The van der Waals surface area contributed by atoms with Crippen molar-refractivity contribution in [2.75, 3.05) is 12.8 Å². The number of piperidine rings is 1. The molecule has 0 aromatic rings. The molecule has 19 heavy (non-hydrogen) atoms. The second-order valence-corrected chi connectivity index (χ2v) is 7.98. The topological polar surface area (TPSA) is 72.9 Å². The van der Waals surface area contributed by atoms with E-state index in [4.69, 9.17) is 8.92 Å². The minimum Gasteiger partial charge on any atom is -0.444 e. The summed E-state index contributed by atoms with van der Waals surface area (Å²) in [4.78, 5) is 13.7. The standard InChI is InChI=1S/C12H21NO5S/c1-12(2,3)17-11(14)13-7-8-5-9(13)10(6-8)18-19(4,15)16/h8-10H,5-7H2,1-4H3/t8-,9+,10+/m1/s1. The molecule has 2 rings (SSSR count). The van der Waals surface area contributed by atoms with E-state index in [2.05, 4.69) is 0 Å². The summed E-state index contributed by atoms with van der Waals surface area (Å²) in [6.07, 6.45) is 1.70. The molecule has 3 atom stereocenters. The summed E-state index contributed by atoms with van der Waals surface area (Å²) in [6.45, 7) is 6.06. The van der Waals surface area contributed by atoms with Crippen LogP contribution < -0.4 is 0 Å². The van der Waals surface area contributed by atoms with E-state index in [9.17, 15) is 13.2 Å². The van der Waals surface area contributed by atoms with Gasteiger partial charge in [0.2, 0.25) is 0 Å². The van der Waals surface area contributed by atoms with E-state index in [1.807, 2.05) is 20.8 Å². The van der Waals surface area contributed by atoms with Crippen LogP contribution in [-0.4, -0.2) is 50.0 Å². The summed E-state index contributed by atoms with van der Waals surface area (Å²) < 4.78 is 32.8. The van der Waals surface area contributed by atoms with Gasteiger partial charge in [0.25, 0.3) is 10.1 Å². The molecule has 2 fully saturated rings. The normalized spacial score (nSPS) is 30.7. The van der Waals surface area contributed by atoms with Gasteiger partial charge in [-0.25, -0.2) is 4.79 Å². The van der Waals surface area contributed by atoms with Crippen LogP contribution in [0.5, 0.6) is 0 Å². The third-order valence-electron chi connectivity index (χ3n) is 3.35. The van der Waals surface area contributed by atoms with Crippen LogP contribution in [-0.2, 0) is 19.0 Å². The van der Waals surface area contributed by atoms with E-state index >= 15 is 0 Å². The van der Waals surface area contributed by atoms with Crippen molar-refractivity contribution in [2.45, 2.75) is 51.4 Å². The fourth-order valence-corrected chi connectivity index (χ4v) is 3.48. The van der Waals surface area contributed by atoms with Gasteiger partial charge in [0.05, 0.1) is 18.4 Å². The number of ether oxygens (including phenoxy) is 1. The number of nitrogens with zero attached hydrogens (tertiary/aromatic N) is 1. The van der Waals surface area contributed by atoms with Crippen LogP contribution in [0, 0.1) is 5.92 Å². The Balaban J connectivity index is 2.03. The maximum absolute atomic E-state index is 12.1. The minimum atomic E-state index is -3.49. The number of amides is 1. The number of hydrogen-bond donors (Lipinski definition) is 0. The van der Waals surface area contributed by atoms with Crippen LogP contribution in [0.2, 0.25) is 0 Å². The van der Waals surface area contributed by atoms with Crippen molar-refractivity contribution in [1.29, 1.82) is 0 Å². The monoisotopic (exact) mass is 291 g/mol. The molecule has 2 aliphatic rings. The summed E-state index contributed by atoms with van der Waals surface area (Å²) in [5.74, 6) is 0.310. The summed E-state index contributed by atoms with van der Waals surface area (Å²) in [5.41, 5.74) is -0.550. The highest BCUT2D eigenvalue weighted by Gasteiger charge is 2.49. The third kappa shape index (κ3) is 3.60. The Bertz CT molecular complexity index is 467. The van der Waals surface area contributed by atoms with Gasteiger partial charge in [-0.3, -0.25) is 4.18 Å². The molecule has 0 N–H and O–H groups in total. The van der Waals surface area contributed by atoms with Crippen LogP contribution in [0.3, 0.4) is 0 Å². The largest absolute Gasteiger partial charge is 0.444 e. The molecule has 6 nitrogen and oxygen atoms in total. The molecule has 1 amide bonds. The van der Waals surface area contributed by atoms with Gasteiger partial charge in [-0.2, -0.15) is 8.42 Å². The molecular weight excluding hydrogens is 270 g/mol. The number of carbonyl (C=O) groups is 1.